The number of allylic oxidation sites excluding steroid dienone is 1. The molecule has 0 spiro atoms. The fourth-order valence-electron chi connectivity index (χ4n) is 4.60. The molecule has 0 radical (unpaired) electrons. The summed E-state index contributed by atoms with van der Waals surface area (Å²) in [5.74, 6) is -1.46. The van der Waals surface area contributed by atoms with Crippen LogP contribution in [0, 0.1) is 11.3 Å². The summed E-state index contributed by atoms with van der Waals surface area (Å²) in [6.07, 6.45) is -8.00. The molecule has 0 amide bonds. The molecule has 0 fully saturated rings. The number of halogens is 6. The van der Waals surface area contributed by atoms with Crippen LogP contribution in [0.3, 0.4) is 0 Å². The molecule has 2 aliphatic heterocycles. The maximum absolute atomic E-state index is 13.9. The van der Waals surface area contributed by atoms with Gasteiger partial charge in [-0.2, -0.15) is 31.6 Å². The molecule has 2 aromatic carbocycles. The number of nitrogens with zero attached hydrogens (tertiary/aromatic N) is 2. The van der Waals surface area contributed by atoms with Gasteiger partial charge in [-0.3, -0.25) is 4.90 Å². The molecule has 0 unspecified atom stereocenters. The molecule has 2 N–H and O–H groups in total. The average molecular weight is 505 g/mol. The maximum Gasteiger partial charge on any atom is 0.416 e. The average Bonchev–Trinajstić information content (AvgIpc) is 2.82. The molecule has 4 nitrogen and oxygen atoms in total. The van der Waals surface area contributed by atoms with Crippen molar-refractivity contribution in [2.75, 3.05) is 19.6 Å². The molecular formula is C26H21F6N3O. The number of ether oxygens (including phenoxy) is 1. The Kier molecular flexibility index (Phi) is 6.62. The molecule has 4 rings (SSSR count). The summed E-state index contributed by atoms with van der Waals surface area (Å²) in [5.41, 5.74) is 4.41. The minimum Gasteiger partial charge on any atom is -0.440 e. The van der Waals surface area contributed by atoms with Crippen molar-refractivity contribution < 1.29 is 31.1 Å². The van der Waals surface area contributed by atoms with Gasteiger partial charge in [0.05, 0.1) is 17.0 Å². The van der Waals surface area contributed by atoms with E-state index in [0.29, 0.717) is 17.7 Å². The minimum absolute atomic E-state index is 0.0927. The van der Waals surface area contributed by atoms with E-state index in [1.54, 1.807) is 0 Å². The molecule has 0 saturated heterocycles. The zero-order valence-corrected chi connectivity index (χ0v) is 19.0. The summed E-state index contributed by atoms with van der Waals surface area (Å²) in [7, 11) is 0. The second-order valence-electron chi connectivity index (χ2n) is 8.42. The van der Waals surface area contributed by atoms with Gasteiger partial charge in [-0.05, 0) is 41.5 Å². The summed E-state index contributed by atoms with van der Waals surface area (Å²) in [4.78, 5) is 1.85. The lowest BCUT2D eigenvalue weighted by Gasteiger charge is -2.38. The topological polar surface area (TPSA) is 62.3 Å². The van der Waals surface area contributed by atoms with E-state index in [1.165, 1.54) is 42.5 Å². The first kappa shape index (κ1) is 25.4. The Bertz CT molecular complexity index is 1310. The lowest BCUT2D eigenvalue weighted by Crippen LogP contribution is -2.38. The zero-order valence-electron chi connectivity index (χ0n) is 19.0. The van der Waals surface area contributed by atoms with E-state index in [2.05, 4.69) is 0 Å². The van der Waals surface area contributed by atoms with Crippen molar-refractivity contribution in [3.05, 3.63) is 99.1 Å². The summed E-state index contributed by atoms with van der Waals surface area (Å²) in [6, 6.07) is 11.8. The highest BCUT2D eigenvalue weighted by Crippen LogP contribution is 2.47. The highest BCUT2D eigenvalue weighted by Gasteiger charge is 2.42. The van der Waals surface area contributed by atoms with Gasteiger partial charge in [0.15, 0.2) is 0 Å². The number of rotatable bonds is 3. The van der Waals surface area contributed by atoms with E-state index in [0.717, 1.165) is 12.1 Å². The quantitative estimate of drug-likeness (QED) is 0.505. The van der Waals surface area contributed by atoms with Crippen molar-refractivity contribution in [2.24, 2.45) is 5.73 Å². The summed E-state index contributed by atoms with van der Waals surface area (Å²) >= 11 is 0. The number of nitrogens with two attached hydrogens (primary N) is 1. The molecule has 1 atom stereocenters. The summed E-state index contributed by atoms with van der Waals surface area (Å²) < 4.78 is 88.3. The van der Waals surface area contributed by atoms with Gasteiger partial charge in [-0.25, -0.2) is 0 Å². The summed E-state index contributed by atoms with van der Waals surface area (Å²) in [5, 5.41) is 9.80. The van der Waals surface area contributed by atoms with Gasteiger partial charge in [0, 0.05) is 18.7 Å². The SMILES string of the molecule is CCN1CC2=C(OC(N)=C(C#N)[C@H]2c2ccccc2C(F)(F)F)/C(=C/c2ccccc2C(F)(F)F)C1. The fourth-order valence-corrected chi connectivity index (χ4v) is 4.60. The van der Waals surface area contributed by atoms with Crippen LogP contribution in [-0.4, -0.2) is 24.5 Å². The Morgan fingerprint density at radius 1 is 1.00 bits per heavy atom. The van der Waals surface area contributed by atoms with Gasteiger partial charge < -0.3 is 10.5 Å². The highest BCUT2D eigenvalue weighted by molar-refractivity contribution is 5.65. The van der Waals surface area contributed by atoms with Crippen LogP contribution >= 0.6 is 0 Å². The fraction of sp³-hybridized carbons (Fsp3) is 0.269. The van der Waals surface area contributed by atoms with E-state index < -0.39 is 29.4 Å². The third-order valence-corrected chi connectivity index (χ3v) is 6.23. The molecule has 2 heterocycles. The lowest BCUT2D eigenvalue weighted by molar-refractivity contribution is -0.138. The van der Waals surface area contributed by atoms with Gasteiger partial charge in [0.25, 0.3) is 0 Å². The second-order valence-corrected chi connectivity index (χ2v) is 8.42. The second kappa shape index (κ2) is 9.39. The van der Waals surface area contributed by atoms with E-state index in [1.807, 2.05) is 17.9 Å². The van der Waals surface area contributed by atoms with E-state index >= 15 is 0 Å². The lowest BCUT2D eigenvalue weighted by atomic mass is 9.78. The zero-order chi connectivity index (χ0) is 26.3. The maximum atomic E-state index is 13.9. The Balaban J connectivity index is 1.96. The monoisotopic (exact) mass is 505 g/mol. The molecule has 0 saturated carbocycles. The normalized spacial score (nSPS) is 20.3. The van der Waals surface area contributed by atoms with Crippen molar-refractivity contribution in [3.63, 3.8) is 0 Å². The van der Waals surface area contributed by atoms with Crippen molar-refractivity contribution in [3.8, 4) is 6.07 Å². The molecular weight excluding hydrogens is 484 g/mol. The Morgan fingerprint density at radius 3 is 2.22 bits per heavy atom. The largest absolute Gasteiger partial charge is 0.440 e. The number of alkyl halides is 6. The van der Waals surface area contributed by atoms with Crippen molar-refractivity contribution in [2.45, 2.75) is 25.2 Å². The molecule has 188 valence electrons. The number of hydrogen-bond donors (Lipinski definition) is 1. The molecule has 10 heteroatoms. The van der Waals surface area contributed by atoms with Gasteiger partial charge in [0.1, 0.15) is 17.4 Å². The van der Waals surface area contributed by atoms with Crippen molar-refractivity contribution in [1.29, 1.82) is 5.26 Å². The molecule has 0 bridgehead atoms. The van der Waals surface area contributed by atoms with Gasteiger partial charge in [-0.1, -0.05) is 43.3 Å². The minimum atomic E-state index is -4.70. The molecule has 2 aromatic rings. The van der Waals surface area contributed by atoms with Crippen LogP contribution in [0.4, 0.5) is 26.3 Å². The first-order chi connectivity index (χ1) is 17.0. The first-order valence-electron chi connectivity index (χ1n) is 11.0. The number of benzene rings is 2. The van der Waals surface area contributed by atoms with Gasteiger partial charge >= 0.3 is 12.4 Å². The molecule has 2 aliphatic rings. The molecule has 0 aliphatic carbocycles. The smallest absolute Gasteiger partial charge is 0.416 e. The standard InChI is InChI=1S/C26H21F6N3O/c1-2-35-13-16(11-15-7-3-5-9-20(15)25(27,28)29)23-19(14-35)22(18(12-33)24(34)36-23)17-8-4-6-10-21(17)26(30,31)32/h3-11,22H,2,13-14,34H2,1H3/b16-11+/t22-/m1/s1. The third-order valence-electron chi connectivity index (χ3n) is 6.23. The van der Waals surface area contributed by atoms with Crippen LogP contribution in [0.15, 0.2) is 76.9 Å². The van der Waals surface area contributed by atoms with E-state index in [9.17, 15) is 31.6 Å². The number of likely N-dealkylation sites (N-methyl/N-ethyl adjacent to an activating group) is 1. The van der Waals surface area contributed by atoms with Crippen LogP contribution in [0.1, 0.15) is 35.1 Å². The first-order valence-corrected chi connectivity index (χ1v) is 11.0. The van der Waals surface area contributed by atoms with Crippen molar-refractivity contribution >= 4 is 6.08 Å². The van der Waals surface area contributed by atoms with E-state index in [4.69, 9.17) is 10.5 Å². The Morgan fingerprint density at radius 2 is 1.61 bits per heavy atom. The third kappa shape index (κ3) is 4.71. The number of nitriles is 1. The van der Waals surface area contributed by atoms with Crippen LogP contribution in [0.5, 0.6) is 0 Å². The van der Waals surface area contributed by atoms with Crippen LogP contribution < -0.4 is 5.73 Å². The van der Waals surface area contributed by atoms with Crippen LogP contribution in [0.25, 0.3) is 6.08 Å². The predicted molar refractivity (Wildman–Crippen MR) is 121 cm³/mol. The van der Waals surface area contributed by atoms with Crippen LogP contribution in [-0.2, 0) is 17.1 Å². The van der Waals surface area contributed by atoms with E-state index in [-0.39, 0.29) is 41.4 Å². The molecule has 0 aromatic heterocycles. The Labute approximate surface area is 203 Å². The highest BCUT2D eigenvalue weighted by atomic mass is 19.4. The van der Waals surface area contributed by atoms with Gasteiger partial charge in [0.2, 0.25) is 5.88 Å². The molecule has 36 heavy (non-hydrogen) atoms. The summed E-state index contributed by atoms with van der Waals surface area (Å²) in [6.45, 7) is 2.62. The number of hydrogen-bond acceptors (Lipinski definition) is 4. The van der Waals surface area contributed by atoms with Crippen LogP contribution in [0.2, 0.25) is 0 Å². The predicted octanol–water partition coefficient (Wildman–Crippen LogP) is 6.21. The van der Waals surface area contributed by atoms with Crippen molar-refractivity contribution in [1.82, 2.24) is 4.90 Å². The van der Waals surface area contributed by atoms with Gasteiger partial charge in [-0.15, -0.1) is 0 Å². The Hall–Kier alpha value is -3.71.